The second-order valence-electron chi connectivity index (χ2n) is 8.29. The number of nitrogens with zero attached hydrogens (tertiary/aromatic N) is 3. The average molecular weight is 497 g/mol. The molecule has 2 heterocycles. The Morgan fingerprint density at radius 2 is 1.91 bits per heavy atom. The lowest BCUT2D eigenvalue weighted by Crippen LogP contribution is -2.43. The van der Waals surface area contributed by atoms with Crippen LogP contribution in [0.4, 0.5) is 32.4 Å². The van der Waals surface area contributed by atoms with Gasteiger partial charge in [-0.15, -0.1) is 0 Å². The molecule has 35 heavy (non-hydrogen) atoms. The zero-order valence-corrected chi connectivity index (χ0v) is 18.5. The number of aromatic nitrogens is 1. The number of nitrogens with two attached hydrogens (primary N) is 1. The number of nitriles is 1. The fourth-order valence-corrected chi connectivity index (χ4v) is 3.86. The molecule has 3 N–H and O–H groups in total. The molecule has 13 heteroatoms. The third-order valence-electron chi connectivity index (χ3n) is 5.49. The summed E-state index contributed by atoms with van der Waals surface area (Å²) in [6, 6.07) is 1.95. The van der Waals surface area contributed by atoms with E-state index in [9.17, 15) is 36.8 Å². The van der Waals surface area contributed by atoms with Crippen molar-refractivity contribution in [2.75, 3.05) is 18.0 Å². The normalized spacial score (nSPS) is 18.6. The van der Waals surface area contributed by atoms with Gasteiger partial charge in [0.25, 0.3) is 5.91 Å². The van der Waals surface area contributed by atoms with Crippen molar-refractivity contribution >= 4 is 17.7 Å². The van der Waals surface area contributed by atoms with Crippen LogP contribution >= 0.6 is 0 Å². The molecule has 0 spiro atoms. The van der Waals surface area contributed by atoms with Crippen molar-refractivity contribution in [1.82, 2.24) is 10.3 Å². The van der Waals surface area contributed by atoms with Crippen LogP contribution in [0.3, 0.4) is 0 Å². The Balaban J connectivity index is 2.23. The van der Waals surface area contributed by atoms with E-state index in [1.807, 2.05) is 5.32 Å². The van der Waals surface area contributed by atoms with E-state index in [4.69, 9.17) is 10.5 Å². The molecule has 1 aromatic carbocycles. The summed E-state index contributed by atoms with van der Waals surface area (Å²) in [5.74, 6) is -3.15. The standard InChI is InChI=1S/C22H20F5N5O3/c1-11(22(25,26)27)31-19(33)15-9-30-16(8-28)17(12-5-13(23)7-14(24)6-12)18(15)32-4-3-21(2,10-32)35-20(29)34/h5-7,9,11H,3-4,10H2,1-2H3,(H2,29,34)(H,31,33)/t11?,21-/m0/s1. The van der Waals surface area contributed by atoms with Gasteiger partial charge in [0.15, 0.2) is 0 Å². The van der Waals surface area contributed by atoms with Gasteiger partial charge in [-0.3, -0.25) is 4.79 Å². The first-order valence-corrected chi connectivity index (χ1v) is 10.2. The van der Waals surface area contributed by atoms with Crippen molar-refractivity contribution < 1.29 is 36.3 Å². The highest BCUT2D eigenvalue weighted by molar-refractivity contribution is 6.04. The molecule has 2 amide bonds. The minimum absolute atomic E-state index is 0.0786. The fourth-order valence-electron chi connectivity index (χ4n) is 3.86. The first kappa shape index (κ1) is 25.7. The summed E-state index contributed by atoms with van der Waals surface area (Å²) in [5.41, 5.74) is 2.87. The lowest BCUT2D eigenvalue weighted by Gasteiger charge is -2.28. The molecule has 3 rings (SSSR count). The number of hydrogen-bond acceptors (Lipinski definition) is 6. The smallest absolute Gasteiger partial charge is 0.408 e. The summed E-state index contributed by atoms with van der Waals surface area (Å²) in [5, 5.41) is 11.5. The van der Waals surface area contributed by atoms with Gasteiger partial charge in [-0.05, 0) is 31.5 Å². The average Bonchev–Trinajstić information content (AvgIpc) is 3.11. The molecule has 2 atom stereocenters. The Hall–Kier alpha value is -3.95. The third kappa shape index (κ3) is 5.59. The number of nitrogens with one attached hydrogen (secondary N) is 1. The van der Waals surface area contributed by atoms with Crippen molar-refractivity contribution in [3.8, 4) is 17.2 Å². The Bertz CT molecular complexity index is 1190. The number of hydrogen-bond donors (Lipinski definition) is 2. The second kappa shape index (κ2) is 9.36. The summed E-state index contributed by atoms with van der Waals surface area (Å²) in [6.07, 6.45) is -4.69. The number of ether oxygens (including phenoxy) is 1. The van der Waals surface area contributed by atoms with Gasteiger partial charge < -0.3 is 20.7 Å². The lowest BCUT2D eigenvalue weighted by molar-refractivity contribution is -0.149. The van der Waals surface area contributed by atoms with E-state index in [0.29, 0.717) is 6.07 Å². The molecule has 1 saturated heterocycles. The molecular formula is C22H20F5N5O3. The van der Waals surface area contributed by atoms with Gasteiger partial charge in [0.1, 0.15) is 35.0 Å². The van der Waals surface area contributed by atoms with Gasteiger partial charge in [0.2, 0.25) is 0 Å². The molecule has 186 valence electrons. The molecule has 2 aromatic rings. The molecule has 1 aliphatic rings. The molecule has 0 aliphatic carbocycles. The summed E-state index contributed by atoms with van der Waals surface area (Å²) >= 11 is 0. The van der Waals surface area contributed by atoms with Crippen molar-refractivity contribution in [2.24, 2.45) is 5.73 Å². The van der Waals surface area contributed by atoms with Crippen molar-refractivity contribution in [3.05, 3.63) is 47.3 Å². The predicted octanol–water partition coefficient (Wildman–Crippen LogP) is 3.64. The fraction of sp³-hybridized carbons (Fsp3) is 0.364. The molecule has 0 saturated carbocycles. The van der Waals surface area contributed by atoms with E-state index >= 15 is 0 Å². The first-order chi connectivity index (χ1) is 16.2. The minimum atomic E-state index is -4.74. The highest BCUT2D eigenvalue weighted by Crippen LogP contribution is 2.40. The number of primary amides is 1. The maximum absolute atomic E-state index is 14.1. The summed E-state index contributed by atoms with van der Waals surface area (Å²) < 4.78 is 72.5. The van der Waals surface area contributed by atoms with Crippen molar-refractivity contribution in [1.29, 1.82) is 5.26 Å². The van der Waals surface area contributed by atoms with E-state index in [1.54, 1.807) is 13.0 Å². The van der Waals surface area contributed by atoms with E-state index in [-0.39, 0.29) is 47.6 Å². The number of amides is 2. The Labute approximate surface area is 196 Å². The van der Waals surface area contributed by atoms with Crippen LogP contribution in [0.1, 0.15) is 36.3 Å². The van der Waals surface area contributed by atoms with Gasteiger partial charge in [0.05, 0.1) is 17.8 Å². The largest absolute Gasteiger partial charge is 0.441 e. The first-order valence-electron chi connectivity index (χ1n) is 10.2. The number of alkyl halides is 3. The van der Waals surface area contributed by atoms with Crippen LogP contribution < -0.4 is 16.0 Å². The molecule has 1 unspecified atom stereocenters. The van der Waals surface area contributed by atoms with Crippen LogP contribution in [-0.2, 0) is 4.74 Å². The van der Waals surface area contributed by atoms with Gasteiger partial charge in [0, 0.05) is 30.8 Å². The van der Waals surface area contributed by atoms with Crippen molar-refractivity contribution in [2.45, 2.75) is 38.1 Å². The van der Waals surface area contributed by atoms with Crippen LogP contribution in [-0.4, -0.2) is 47.9 Å². The number of rotatable bonds is 5. The molecular weight excluding hydrogens is 477 g/mol. The van der Waals surface area contributed by atoms with Crippen LogP contribution in [0, 0.1) is 23.0 Å². The van der Waals surface area contributed by atoms with Crippen molar-refractivity contribution in [3.63, 3.8) is 0 Å². The summed E-state index contributed by atoms with van der Waals surface area (Å²) in [4.78, 5) is 29.6. The van der Waals surface area contributed by atoms with Crippen LogP contribution in [0.25, 0.3) is 11.1 Å². The molecule has 1 aromatic heterocycles. The Morgan fingerprint density at radius 3 is 2.46 bits per heavy atom. The number of benzene rings is 1. The number of carbonyl (C=O) groups excluding carboxylic acids is 2. The SMILES string of the molecule is CC(NC(=O)c1cnc(C#N)c(-c2cc(F)cc(F)c2)c1N1CC[C@](C)(OC(N)=O)C1)C(F)(F)F. The summed E-state index contributed by atoms with van der Waals surface area (Å²) in [7, 11) is 0. The minimum Gasteiger partial charge on any atom is -0.441 e. The van der Waals surface area contributed by atoms with Crippen LogP contribution in [0.2, 0.25) is 0 Å². The molecule has 1 aliphatic heterocycles. The number of pyridine rings is 1. The van der Waals surface area contributed by atoms with E-state index in [2.05, 4.69) is 4.98 Å². The molecule has 1 fully saturated rings. The van der Waals surface area contributed by atoms with E-state index < -0.39 is 41.5 Å². The molecule has 0 bridgehead atoms. The van der Waals surface area contributed by atoms with Crippen LogP contribution in [0.5, 0.6) is 0 Å². The number of carbonyl (C=O) groups is 2. The predicted molar refractivity (Wildman–Crippen MR) is 113 cm³/mol. The Morgan fingerprint density at radius 1 is 1.29 bits per heavy atom. The van der Waals surface area contributed by atoms with Gasteiger partial charge in [-0.1, -0.05) is 0 Å². The van der Waals surface area contributed by atoms with E-state index in [0.717, 1.165) is 25.3 Å². The monoisotopic (exact) mass is 497 g/mol. The quantitative estimate of drug-likeness (QED) is 0.609. The lowest BCUT2D eigenvalue weighted by atomic mass is 9.97. The maximum Gasteiger partial charge on any atom is 0.408 e. The van der Waals surface area contributed by atoms with Gasteiger partial charge >= 0.3 is 12.3 Å². The van der Waals surface area contributed by atoms with Crippen LogP contribution in [0.15, 0.2) is 24.4 Å². The number of halogens is 5. The van der Waals surface area contributed by atoms with Gasteiger partial charge in [-0.2, -0.15) is 18.4 Å². The molecule has 0 radical (unpaired) electrons. The highest BCUT2D eigenvalue weighted by Gasteiger charge is 2.41. The maximum atomic E-state index is 14.1. The summed E-state index contributed by atoms with van der Waals surface area (Å²) in [6.45, 7) is 2.32. The Kier molecular flexibility index (Phi) is 6.86. The third-order valence-corrected chi connectivity index (χ3v) is 5.49. The van der Waals surface area contributed by atoms with E-state index in [1.165, 1.54) is 4.90 Å². The van der Waals surface area contributed by atoms with Gasteiger partial charge in [-0.25, -0.2) is 18.6 Å². The second-order valence-corrected chi connectivity index (χ2v) is 8.29. The molecule has 8 nitrogen and oxygen atoms in total. The topological polar surface area (TPSA) is 121 Å². The zero-order chi connectivity index (χ0) is 26.1. The number of anilines is 1. The highest BCUT2D eigenvalue weighted by atomic mass is 19.4. The zero-order valence-electron chi connectivity index (χ0n) is 18.5.